The number of aliphatic carboxylic acids is 1. The van der Waals surface area contributed by atoms with Crippen molar-refractivity contribution in [3.8, 4) is 0 Å². The molecule has 0 saturated carbocycles. The van der Waals surface area contributed by atoms with Gasteiger partial charge in [0.2, 0.25) is 10.0 Å². The lowest BCUT2D eigenvalue weighted by atomic mass is 9.89. The number of benzene rings is 2. The first kappa shape index (κ1) is 26.5. The number of nitrogens with zero attached hydrogens (tertiary/aromatic N) is 1. The van der Waals surface area contributed by atoms with Crippen LogP contribution in [0.4, 0.5) is 5.69 Å². The molecule has 1 atom stereocenters. The Morgan fingerprint density at radius 3 is 1.97 bits per heavy atom. The molecule has 0 saturated heterocycles. The predicted octanol–water partition coefficient (Wildman–Crippen LogP) is 4.94. The summed E-state index contributed by atoms with van der Waals surface area (Å²) in [6, 6.07) is 7.80. The summed E-state index contributed by atoms with van der Waals surface area (Å²) in [7, 11) is -4.21. The number of carboxylic acids is 1. The minimum Gasteiger partial charge on any atom is -0.480 e. The second kappa shape index (κ2) is 10.4. The van der Waals surface area contributed by atoms with E-state index in [1.165, 1.54) is 24.3 Å². The first-order valence-electron chi connectivity index (χ1n) is 10.9. The number of nitro groups is 1. The van der Waals surface area contributed by atoms with Crippen LogP contribution in [0, 0.1) is 10.1 Å². The Bertz CT molecular complexity index is 1110. The summed E-state index contributed by atoms with van der Waals surface area (Å²) < 4.78 is 29.5. The van der Waals surface area contributed by atoms with E-state index in [2.05, 4.69) is 4.72 Å². The van der Waals surface area contributed by atoms with E-state index in [-0.39, 0.29) is 34.8 Å². The summed E-state index contributed by atoms with van der Waals surface area (Å²) in [5, 5.41) is 20.8. The number of nitrogens with one attached hydrogen (secondary N) is 1. The van der Waals surface area contributed by atoms with Crippen molar-refractivity contribution in [3.63, 3.8) is 0 Å². The van der Waals surface area contributed by atoms with E-state index in [4.69, 9.17) is 0 Å². The molecule has 0 aliphatic rings. The number of rotatable bonds is 10. The third kappa shape index (κ3) is 6.39. The fourth-order valence-corrected chi connectivity index (χ4v) is 5.54. The van der Waals surface area contributed by atoms with E-state index in [0.29, 0.717) is 16.7 Å². The van der Waals surface area contributed by atoms with Crippen LogP contribution < -0.4 is 4.72 Å². The van der Waals surface area contributed by atoms with Gasteiger partial charge in [-0.2, -0.15) is 4.72 Å². The monoisotopic (exact) mass is 476 g/mol. The Kier molecular flexibility index (Phi) is 8.37. The van der Waals surface area contributed by atoms with Gasteiger partial charge in [0, 0.05) is 12.1 Å². The number of hydrogen-bond donors (Lipinski definition) is 2. The maximum Gasteiger partial charge on any atom is 0.322 e. The molecule has 9 heteroatoms. The molecule has 0 aromatic heterocycles. The molecule has 33 heavy (non-hydrogen) atoms. The van der Waals surface area contributed by atoms with Crippen LogP contribution in [0.3, 0.4) is 0 Å². The van der Waals surface area contributed by atoms with Crippen LogP contribution in [-0.4, -0.2) is 30.5 Å². The maximum absolute atomic E-state index is 13.6. The number of non-ortho nitro benzene ring substituents is 1. The molecule has 0 unspecified atom stereocenters. The quantitative estimate of drug-likeness (QED) is 0.369. The average Bonchev–Trinajstić information content (AvgIpc) is 2.72. The van der Waals surface area contributed by atoms with Crippen molar-refractivity contribution in [2.24, 2.45) is 0 Å². The molecular weight excluding hydrogens is 444 g/mol. The van der Waals surface area contributed by atoms with Gasteiger partial charge in [-0.05, 0) is 46.4 Å². The Labute approximate surface area is 195 Å². The van der Waals surface area contributed by atoms with Gasteiger partial charge in [0.25, 0.3) is 5.69 Å². The smallest absolute Gasteiger partial charge is 0.322 e. The molecule has 0 radical (unpaired) electrons. The van der Waals surface area contributed by atoms with Crippen LogP contribution in [0.2, 0.25) is 0 Å². The molecule has 2 aromatic carbocycles. The summed E-state index contributed by atoms with van der Waals surface area (Å²) in [5.41, 5.74) is 2.46. The van der Waals surface area contributed by atoms with E-state index < -0.39 is 27.0 Å². The van der Waals surface area contributed by atoms with Gasteiger partial charge < -0.3 is 5.11 Å². The highest BCUT2D eigenvalue weighted by atomic mass is 32.2. The molecule has 0 aliphatic heterocycles. The average molecular weight is 477 g/mol. The Hall–Kier alpha value is -2.78. The second-order valence-electron chi connectivity index (χ2n) is 9.14. The van der Waals surface area contributed by atoms with E-state index in [1.54, 1.807) is 0 Å². The number of sulfonamides is 1. The van der Waals surface area contributed by atoms with Crippen LogP contribution in [0.25, 0.3) is 0 Å². The summed E-state index contributed by atoms with van der Waals surface area (Å²) in [4.78, 5) is 22.5. The van der Waals surface area contributed by atoms with Gasteiger partial charge in [-0.1, -0.05) is 65.8 Å². The van der Waals surface area contributed by atoms with Crippen molar-refractivity contribution in [1.82, 2.24) is 4.72 Å². The molecule has 0 heterocycles. The third-order valence-corrected chi connectivity index (χ3v) is 7.11. The number of hydrogen-bond acceptors (Lipinski definition) is 5. The van der Waals surface area contributed by atoms with Crippen LogP contribution in [-0.2, 0) is 21.2 Å². The molecule has 0 fully saturated rings. The number of nitro benzene ring substituents is 1. The fraction of sp³-hybridized carbons (Fsp3) is 0.458. The standard InChI is InChI=1S/C24H32N2O6S/c1-14(2)18-12-20(15(3)4)23(21(13-18)16(5)6)33(31,32)25-22(24(27)28)11-17-8-7-9-19(10-17)26(29)30/h7-10,12-16,22,25H,11H2,1-6H3,(H,27,28)/t22-/m0/s1. The normalized spacial score (nSPS) is 13.0. The largest absolute Gasteiger partial charge is 0.480 e. The van der Waals surface area contributed by atoms with Gasteiger partial charge in [-0.25, -0.2) is 8.42 Å². The summed E-state index contributed by atoms with van der Waals surface area (Å²) in [5.74, 6) is -1.37. The first-order valence-corrected chi connectivity index (χ1v) is 12.4. The van der Waals surface area contributed by atoms with Gasteiger partial charge in [0.1, 0.15) is 6.04 Å². The molecule has 8 nitrogen and oxygen atoms in total. The van der Waals surface area contributed by atoms with Crippen LogP contribution in [0.1, 0.15) is 81.5 Å². The third-order valence-electron chi connectivity index (χ3n) is 5.50. The summed E-state index contributed by atoms with van der Waals surface area (Å²) in [6.07, 6.45) is -0.228. The highest BCUT2D eigenvalue weighted by Crippen LogP contribution is 2.35. The summed E-state index contributed by atoms with van der Waals surface area (Å²) >= 11 is 0. The molecule has 180 valence electrons. The maximum atomic E-state index is 13.6. The number of carboxylic acid groups (broad SMARTS) is 1. The second-order valence-corrected chi connectivity index (χ2v) is 10.8. The molecule has 2 rings (SSSR count). The minimum atomic E-state index is -4.21. The topological polar surface area (TPSA) is 127 Å². The van der Waals surface area contributed by atoms with Gasteiger partial charge in [-0.15, -0.1) is 0 Å². The van der Waals surface area contributed by atoms with Crippen molar-refractivity contribution >= 4 is 21.7 Å². The van der Waals surface area contributed by atoms with Gasteiger partial charge >= 0.3 is 5.97 Å². The minimum absolute atomic E-state index is 0.104. The van der Waals surface area contributed by atoms with E-state index in [9.17, 15) is 28.4 Å². The van der Waals surface area contributed by atoms with Gasteiger partial charge in [0.15, 0.2) is 0 Å². The molecule has 0 amide bonds. The Morgan fingerprint density at radius 2 is 1.55 bits per heavy atom. The zero-order valence-corrected chi connectivity index (χ0v) is 20.6. The van der Waals surface area contributed by atoms with Crippen LogP contribution >= 0.6 is 0 Å². The SMILES string of the molecule is CC(C)c1cc(C(C)C)c(S(=O)(=O)N[C@@H](Cc2cccc([N+](=O)[O-])c2)C(=O)O)c(C(C)C)c1. The van der Waals surface area contributed by atoms with Crippen LogP contribution in [0.5, 0.6) is 0 Å². The lowest BCUT2D eigenvalue weighted by molar-refractivity contribution is -0.384. The highest BCUT2D eigenvalue weighted by Gasteiger charge is 2.31. The molecule has 2 N–H and O–H groups in total. The van der Waals surface area contributed by atoms with Crippen molar-refractivity contribution in [2.75, 3.05) is 0 Å². The zero-order chi connectivity index (χ0) is 25.1. The predicted molar refractivity (Wildman–Crippen MR) is 127 cm³/mol. The molecular formula is C24H32N2O6S. The van der Waals surface area contributed by atoms with Gasteiger partial charge in [0.05, 0.1) is 9.82 Å². The van der Waals surface area contributed by atoms with E-state index >= 15 is 0 Å². The molecule has 0 bridgehead atoms. The molecule has 0 aliphatic carbocycles. The van der Waals surface area contributed by atoms with Gasteiger partial charge in [-0.3, -0.25) is 14.9 Å². The molecule has 2 aromatic rings. The zero-order valence-electron chi connectivity index (χ0n) is 19.8. The van der Waals surface area contributed by atoms with E-state index in [0.717, 1.165) is 5.56 Å². The van der Waals surface area contributed by atoms with E-state index in [1.807, 2.05) is 53.7 Å². The summed E-state index contributed by atoms with van der Waals surface area (Å²) in [6.45, 7) is 11.7. The first-order chi connectivity index (χ1) is 15.2. The Balaban J connectivity index is 2.56. The van der Waals surface area contributed by atoms with Crippen molar-refractivity contribution in [3.05, 3.63) is 68.8 Å². The molecule has 0 spiro atoms. The lowest BCUT2D eigenvalue weighted by Crippen LogP contribution is -2.43. The van der Waals surface area contributed by atoms with Crippen molar-refractivity contribution in [2.45, 2.75) is 76.7 Å². The highest BCUT2D eigenvalue weighted by molar-refractivity contribution is 7.89. The lowest BCUT2D eigenvalue weighted by Gasteiger charge is -2.24. The Morgan fingerprint density at radius 1 is 1.00 bits per heavy atom. The van der Waals surface area contributed by atoms with Crippen molar-refractivity contribution < 1.29 is 23.2 Å². The fourth-order valence-electron chi connectivity index (χ4n) is 3.66. The van der Waals surface area contributed by atoms with Crippen molar-refractivity contribution in [1.29, 1.82) is 0 Å². The van der Waals surface area contributed by atoms with Crippen LogP contribution in [0.15, 0.2) is 41.3 Å². The number of carbonyl (C=O) groups is 1.